The van der Waals surface area contributed by atoms with Gasteiger partial charge in [-0.25, -0.2) is 0 Å². The van der Waals surface area contributed by atoms with Crippen LogP contribution in [0.4, 0.5) is 0 Å². The fourth-order valence-electron chi connectivity index (χ4n) is 3.33. The van der Waals surface area contributed by atoms with Crippen LogP contribution in [0.1, 0.15) is 46.8 Å². The van der Waals surface area contributed by atoms with Crippen molar-refractivity contribution >= 4 is 5.91 Å². The number of aromatic nitrogens is 1. The zero-order valence-electron chi connectivity index (χ0n) is 15.6. The molecule has 0 radical (unpaired) electrons. The summed E-state index contributed by atoms with van der Waals surface area (Å²) >= 11 is 0. The van der Waals surface area contributed by atoms with Crippen LogP contribution in [0.3, 0.4) is 0 Å². The first-order chi connectivity index (χ1) is 12.5. The molecular formula is C21H26N2O3. The Hall–Kier alpha value is -2.40. The molecule has 1 aliphatic rings. The van der Waals surface area contributed by atoms with E-state index in [0.29, 0.717) is 12.2 Å². The second-order valence-electron chi connectivity index (χ2n) is 6.90. The topological polar surface area (TPSA) is 60.5 Å². The second kappa shape index (κ2) is 8.32. The number of rotatable bonds is 6. The van der Waals surface area contributed by atoms with Crippen LogP contribution in [-0.2, 0) is 11.3 Å². The Bertz CT molecular complexity index is 732. The lowest BCUT2D eigenvalue weighted by atomic mass is 10.0. The SMILES string of the molecule is Cc1cc(C(=O)NC(C)C2CCCO2)cc(C)c1OCc1cccnc1. The third kappa shape index (κ3) is 4.41. The Balaban J connectivity index is 1.66. The van der Waals surface area contributed by atoms with Crippen LogP contribution in [0.15, 0.2) is 36.7 Å². The van der Waals surface area contributed by atoms with Gasteiger partial charge in [0.25, 0.3) is 5.91 Å². The molecule has 26 heavy (non-hydrogen) atoms. The van der Waals surface area contributed by atoms with E-state index in [2.05, 4.69) is 10.3 Å². The Morgan fingerprint density at radius 1 is 1.38 bits per heavy atom. The van der Waals surface area contributed by atoms with Crippen LogP contribution in [0, 0.1) is 13.8 Å². The normalized spacial score (nSPS) is 17.7. The highest BCUT2D eigenvalue weighted by Crippen LogP contribution is 2.26. The molecule has 3 rings (SSSR count). The van der Waals surface area contributed by atoms with Crippen molar-refractivity contribution in [2.24, 2.45) is 0 Å². The van der Waals surface area contributed by atoms with Crippen molar-refractivity contribution in [1.82, 2.24) is 10.3 Å². The van der Waals surface area contributed by atoms with E-state index in [0.717, 1.165) is 41.9 Å². The van der Waals surface area contributed by atoms with Gasteiger partial charge in [0, 0.05) is 30.1 Å². The van der Waals surface area contributed by atoms with Crippen LogP contribution in [0.5, 0.6) is 5.75 Å². The monoisotopic (exact) mass is 354 g/mol. The number of aryl methyl sites for hydroxylation is 2. The van der Waals surface area contributed by atoms with Gasteiger partial charge in [-0.3, -0.25) is 9.78 Å². The van der Waals surface area contributed by atoms with E-state index in [1.807, 2.05) is 45.0 Å². The van der Waals surface area contributed by atoms with Gasteiger partial charge < -0.3 is 14.8 Å². The second-order valence-corrected chi connectivity index (χ2v) is 6.90. The van der Waals surface area contributed by atoms with Crippen molar-refractivity contribution in [2.75, 3.05) is 6.61 Å². The van der Waals surface area contributed by atoms with E-state index in [1.165, 1.54) is 0 Å². The number of carbonyl (C=O) groups is 1. The van der Waals surface area contributed by atoms with Crippen molar-refractivity contribution in [3.8, 4) is 5.75 Å². The number of ether oxygens (including phenoxy) is 2. The number of carbonyl (C=O) groups excluding carboxylic acids is 1. The largest absolute Gasteiger partial charge is 0.488 e. The van der Waals surface area contributed by atoms with E-state index >= 15 is 0 Å². The minimum Gasteiger partial charge on any atom is -0.488 e. The molecule has 1 aromatic heterocycles. The summed E-state index contributed by atoms with van der Waals surface area (Å²) in [5, 5.41) is 3.06. The van der Waals surface area contributed by atoms with E-state index in [4.69, 9.17) is 9.47 Å². The molecule has 1 fully saturated rings. The minimum absolute atomic E-state index is 0.00659. The predicted octanol–water partition coefficient (Wildman–Crippen LogP) is 3.57. The van der Waals surface area contributed by atoms with Gasteiger partial charge in [-0.1, -0.05) is 6.07 Å². The average molecular weight is 354 g/mol. The van der Waals surface area contributed by atoms with Gasteiger partial charge >= 0.3 is 0 Å². The smallest absolute Gasteiger partial charge is 0.251 e. The molecule has 1 N–H and O–H groups in total. The zero-order chi connectivity index (χ0) is 18.5. The van der Waals surface area contributed by atoms with Crippen molar-refractivity contribution in [2.45, 2.75) is 52.4 Å². The third-order valence-electron chi connectivity index (χ3n) is 4.71. The standard InChI is InChI=1S/C21H26N2O3/c1-14-10-18(21(24)23-16(3)19-7-5-9-25-19)11-15(2)20(14)26-13-17-6-4-8-22-12-17/h4,6,8,10-12,16,19H,5,7,9,13H2,1-3H3,(H,23,24). The number of nitrogens with zero attached hydrogens (tertiary/aromatic N) is 1. The summed E-state index contributed by atoms with van der Waals surface area (Å²) in [5.41, 5.74) is 3.56. The highest BCUT2D eigenvalue weighted by atomic mass is 16.5. The summed E-state index contributed by atoms with van der Waals surface area (Å²) in [7, 11) is 0. The number of benzene rings is 1. The fourth-order valence-corrected chi connectivity index (χ4v) is 3.33. The molecule has 2 unspecified atom stereocenters. The lowest BCUT2D eigenvalue weighted by Gasteiger charge is -2.20. The maximum absolute atomic E-state index is 12.6. The van der Waals surface area contributed by atoms with Gasteiger partial charge in [0.05, 0.1) is 12.1 Å². The van der Waals surface area contributed by atoms with Crippen LogP contribution >= 0.6 is 0 Å². The Morgan fingerprint density at radius 3 is 2.77 bits per heavy atom. The van der Waals surface area contributed by atoms with Gasteiger partial charge in [-0.2, -0.15) is 0 Å². The Labute approximate surface area is 154 Å². The van der Waals surface area contributed by atoms with Crippen LogP contribution < -0.4 is 10.1 Å². The summed E-state index contributed by atoms with van der Waals surface area (Å²) in [6.45, 7) is 7.17. The highest BCUT2D eigenvalue weighted by Gasteiger charge is 2.24. The molecule has 0 spiro atoms. The van der Waals surface area contributed by atoms with E-state index in [1.54, 1.807) is 12.4 Å². The van der Waals surface area contributed by atoms with Crippen molar-refractivity contribution < 1.29 is 14.3 Å². The number of pyridine rings is 1. The summed E-state index contributed by atoms with van der Waals surface area (Å²) in [6.07, 6.45) is 5.71. The average Bonchev–Trinajstić information content (AvgIpc) is 3.16. The molecule has 2 atom stereocenters. The van der Waals surface area contributed by atoms with Gasteiger partial charge in [-0.05, 0) is 62.9 Å². The van der Waals surface area contributed by atoms with Crippen LogP contribution in [0.2, 0.25) is 0 Å². The van der Waals surface area contributed by atoms with Gasteiger partial charge in [0.15, 0.2) is 0 Å². The van der Waals surface area contributed by atoms with Crippen molar-refractivity contribution in [3.05, 3.63) is 58.9 Å². The molecule has 1 aliphatic heterocycles. The molecule has 0 aliphatic carbocycles. The first kappa shape index (κ1) is 18.4. The summed E-state index contributed by atoms with van der Waals surface area (Å²) in [6, 6.07) is 7.63. The van der Waals surface area contributed by atoms with E-state index in [-0.39, 0.29) is 18.1 Å². The number of hydrogen-bond donors (Lipinski definition) is 1. The quantitative estimate of drug-likeness (QED) is 0.861. The Morgan fingerprint density at radius 2 is 2.15 bits per heavy atom. The number of nitrogens with one attached hydrogen (secondary N) is 1. The molecule has 2 aromatic rings. The molecule has 1 aromatic carbocycles. The molecule has 2 heterocycles. The summed E-state index contributed by atoms with van der Waals surface area (Å²) in [5.74, 6) is 0.746. The summed E-state index contributed by atoms with van der Waals surface area (Å²) < 4.78 is 11.6. The van der Waals surface area contributed by atoms with E-state index in [9.17, 15) is 4.79 Å². The molecule has 1 amide bonds. The number of amides is 1. The maximum atomic E-state index is 12.6. The van der Waals surface area contributed by atoms with Crippen LogP contribution in [-0.4, -0.2) is 29.6 Å². The van der Waals surface area contributed by atoms with Crippen molar-refractivity contribution in [1.29, 1.82) is 0 Å². The molecule has 5 nitrogen and oxygen atoms in total. The lowest BCUT2D eigenvalue weighted by Crippen LogP contribution is -2.40. The fraction of sp³-hybridized carbons (Fsp3) is 0.429. The molecule has 138 valence electrons. The first-order valence-electron chi connectivity index (χ1n) is 9.10. The number of hydrogen-bond acceptors (Lipinski definition) is 4. The van der Waals surface area contributed by atoms with Gasteiger partial charge in [-0.15, -0.1) is 0 Å². The lowest BCUT2D eigenvalue weighted by molar-refractivity contribution is 0.0712. The Kier molecular flexibility index (Phi) is 5.89. The van der Waals surface area contributed by atoms with E-state index < -0.39 is 0 Å². The van der Waals surface area contributed by atoms with Gasteiger partial charge in [0.2, 0.25) is 0 Å². The molecular weight excluding hydrogens is 328 g/mol. The molecule has 0 saturated carbocycles. The first-order valence-corrected chi connectivity index (χ1v) is 9.10. The van der Waals surface area contributed by atoms with Crippen molar-refractivity contribution in [3.63, 3.8) is 0 Å². The molecule has 5 heteroatoms. The summed E-state index contributed by atoms with van der Waals surface area (Å²) in [4.78, 5) is 16.7. The molecule has 0 bridgehead atoms. The van der Waals surface area contributed by atoms with Crippen LogP contribution in [0.25, 0.3) is 0 Å². The predicted molar refractivity (Wildman–Crippen MR) is 100 cm³/mol. The third-order valence-corrected chi connectivity index (χ3v) is 4.71. The van der Waals surface area contributed by atoms with Gasteiger partial charge in [0.1, 0.15) is 12.4 Å². The molecule has 1 saturated heterocycles. The highest BCUT2D eigenvalue weighted by molar-refractivity contribution is 5.95. The zero-order valence-corrected chi connectivity index (χ0v) is 15.6. The maximum Gasteiger partial charge on any atom is 0.251 e. The minimum atomic E-state index is -0.0713.